The fourth-order valence-electron chi connectivity index (χ4n) is 4.58. The summed E-state index contributed by atoms with van der Waals surface area (Å²) in [6, 6.07) is 14.1. The Bertz CT molecular complexity index is 2230. The number of fused-ring (bicyclic) bond motifs is 2. The van der Waals surface area contributed by atoms with E-state index in [1.165, 1.54) is 16.8 Å². The lowest BCUT2D eigenvalue weighted by molar-refractivity contribution is -0.274. The molecule has 0 fully saturated rings. The summed E-state index contributed by atoms with van der Waals surface area (Å²) in [5.74, 6) is -1.42. The van der Waals surface area contributed by atoms with Gasteiger partial charge in [0.25, 0.3) is 0 Å². The van der Waals surface area contributed by atoms with Crippen LogP contribution in [0.4, 0.5) is 22.4 Å². The highest BCUT2D eigenvalue weighted by atomic mass is 79.9. The predicted molar refractivity (Wildman–Crippen MR) is 178 cm³/mol. The number of halogens is 6. The molecule has 0 aliphatic carbocycles. The average Bonchev–Trinajstić information content (AvgIpc) is 3.65. The number of pyridine rings is 2. The summed E-state index contributed by atoms with van der Waals surface area (Å²) < 4.78 is 68.6. The Hall–Kier alpha value is -5.27. The van der Waals surface area contributed by atoms with E-state index in [-0.39, 0.29) is 34.1 Å². The van der Waals surface area contributed by atoms with E-state index < -0.39 is 29.6 Å². The number of aromatic nitrogens is 6. The molecule has 0 atom stereocenters. The molecular weight excluding hydrogens is 750 g/mol. The van der Waals surface area contributed by atoms with Crippen LogP contribution in [0, 0.1) is 17.1 Å². The monoisotopic (exact) mass is 773 g/mol. The van der Waals surface area contributed by atoms with Gasteiger partial charge in [-0.3, -0.25) is 5.10 Å². The van der Waals surface area contributed by atoms with Crippen molar-refractivity contribution in [3.05, 3.63) is 94.8 Å². The molecule has 50 heavy (non-hydrogen) atoms. The molecule has 17 heteroatoms. The summed E-state index contributed by atoms with van der Waals surface area (Å²) in [5.41, 5.74) is 1.51. The highest BCUT2D eigenvalue weighted by Crippen LogP contribution is 2.39. The van der Waals surface area contributed by atoms with Gasteiger partial charge in [0.2, 0.25) is 0 Å². The lowest BCUT2D eigenvalue weighted by Gasteiger charge is -2.18. The van der Waals surface area contributed by atoms with E-state index in [2.05, 4.69) is 45.9 Å². The Kier molecular flexibility index (Phi) is 10.6. The number of hydrogen-bond donors (Lipinski definition) is 1. The molecule has 0 amide bonds. The molecule has 0 saturated heterocycles. The van der Waals surface area contributed by atoms with Crippen LogP contribution in [0.1, 0.15) is 37.7 Å². The molecule has 1 N–H and O–H groups in total. The van der Waals surface area contributed by atoms with Crippen LogP contribution in [0.3, 0.4) is 0 Å². The Labute approximate surface area is 294 Å². The van der Waals surface area contributed by atoms with Gasteiger partial charge >= 0.3 is 12.5 Å². The third kappa shape index (κ3) is 8.47. The molecule has 258 valence electrons. The van der Waals surface area contributed by atoms with Crippen molar-refractivity contribution in [2.45, 2.75) is 44.7 Å². The van der Waals surface area contributed by atoms with Crippen LogP contribution in [0.25, 0.3) is 33.2 Å². The zero-order valence-electron chi connectivity index (χ0n) is 26.3. The molecule has 0 bridgehead atoms. The van der Waals surface area contributed by atoms with Gasteiger partial charge in [-0.15, -0.1) is 17.9 Å². The van der Waals surface area contributed by atoms with Crippen LogP contribution < -0.4 is 9.47 Å². The molecule has 0 aliphatic rings. The second-order valence-electron chi connectivity index (χ2n) is 11.3. The van der Waals surface area contributed by atoms with E-state index in [9.17, 15) is 27.6 Å². The van der Waals surface area contributed by atoms with Gasteiger partial charge in [-0.25, -0.2) is 19.2 Å². The van der Waals surface area contributed by atoms with Gasteiger partial charge in [-0.05, 0) is 69.3 Å². The van der Waals surface area contributed by atoms with E-state index in [0.717, 1.165) is 29.3 Å². The van der Waals surface area contributed by atoms with Crippen LogP contribution in [0.5, 0.6) is 11.5 Å². The molecular formula is C33H25BrClF4N7O4. The Balaban J connectivity index is 0.000000228. The van der Waals surface area contributed by atoms with E-state index >= 15 is 0 Å². The first-order valence-electron chi connectivity index (χ1n) is 14.5. The lowest BCUT2D eigenvalue weighted by atomic mass is 10.0. The van der Waals surface area contributed by atoms with E-state index in [4.69, 9.17) is 21.1 Å². The van der Waals surface area contributed by atoms with Crippen LogP contribution in [-0.4, -0.2) is 48.0 Å². The minimum absolute atomic E-state index is 0.00764. The first-order valence-corrected chi connectivity index (χ1v) is 16.0. The molecule has 0 spiro atoms. The smallest absolute Gasteiger partial charge is 0.487 e. The number of H-pyrrole nitrogens is 1. The number of carbonyl (C=O) groups is 1. The lowest BCUT2D eigenvalue weighted by Crippen LogP contribution is -2.28. The zero-order valence-corrected chi connectivity index (χ0v) is 28.7. The van der Waals surface area contributed by atoms with Gasteiger partial charge in [0.1, 0.15) is 35.6 Å². The summed E-state index contributed by atoms with van der Waals surface area (Å²) in [6.45, 7) is 5.39. The summed E-state index contributed by atoms with van der Waals surface area (Å²) in [6.07, 6.45) is -2.27. The molecule has 4 heterocycles. The number of benzene rings is 2. The topological polar surface area (TPSA) is 141 Å². The van der Waals surface area contributed by atoms with Gasteiger partial charge in [-0.2, -0.15) is 15.5 Å². The van der Waals surface area contributed by atoms with Gasteiger partial charge in [-0.1, -0.05) is 27.5 Å². The highest BCUT2D eigenvalue weighted by Gasteiger charge is 2.31. The normalized spacial score (nSPS) is 11.5. The van der Waals surface area contributed by atoms with Crippen molar-refractivity contribution < 1.29 is 36.6 Å². The molecule has 0 aliphatic heterocycles. The average molecular weight is 775 g/mol. The third-order valence-corrected chi connectivity index (χ3v) is 7.49. The molecule has 6 rings (SSSR count). The van der Waals surface area contributed by atoms with Crippen LogP contribution in [0.15, 0.2) is 67.0 Å². The number of ether oxygens (including phenoxy) is 3. The van der Waals surface area contributed by atoms with Crippen molar-refractivity contribution in [2.75, 3.05) is 0 Å². The number of nitriles is 1. The number of nitrogens with one attached hydrogen (secondary N) is 1. The summed E-state index contributed by atoms with van der Waals surface area (Å²) in [5, 5.41) is 22.5. The number of rotatable bonds is 6. The number of hydrogen-bond acceptors (Lipinski definition) is 9. The minimum atomic E-state index is -4.96. The summed E-state index contributed by atoms with van der Waals surface area (Å²) in [7, 11) is 0. The molecule has 11 nitrogen and oxygen atoms in total. The van der Waals surface area contributed by atoms with Gasteiger partial charge in [0.05, 0.1) is 22.0 Å². The maximum atomic E-state index is 14.6. The van der Waals surface area contributed by atoms with Gasteiger partial charge < -0.3 is 14.2 Å². The van der Waals surface area contributed by atoms with Crippen molar-refractivity contribution in [2.24, 2.45) is 0 Å². The summed E-state index contributed by atoms with van der Waals surface area (Å²) >= 11 is 9.45. The first-order chi connectivity index (χ1) is 23.7. The summed E-state index contributed by atoms with van der Waals surface area (Å²) in [4.78, 5) is 20.3. The Morgan fingerprint density at radius 3 is 2.44 bits per heavy atom. The second-order valence-corrected chi connectivity index (χ2v) is 12.3. The number of nitrogens with zero attached hydrogens (tertiary/aromatic N) is 6. The standard InChI is InChI=1S/C21H11ClF4N4O2.C12H14BrN3O2/c22-16-8-19(31-10-18-13-2-1-5-28-20(13)30-29-18)15(6-11(16)9-27)14-7-12(3-4-17(14)23)32-21(24,25)26;1-12(2,3)18-11(17)16-10-8(5-4-6-14-10)9(7-13)15-16/h1-8H,10H2,(H,28,29,30);4-6H,7H2,1-3H3. The second kappa shape index (κ2) is 14.7. The minimum Gasteiger partial charge on any atom is -0.487 e. The third-order valence-electron chi connectivity index (χ3n) is 6.64. The SMILES string of the molecule is CC(C)(C)OC(=O)n1nc(CBr)c2cccnc21.N#Cc1cc(-c2cc(OC(F)(F)F)ccc2F)c(OCc2[nH]nc3ncccc23)cc1Cl. The molecule has 0 saturated carbocycles. The van der Waals surface area contributed by atoms with Crippen molar-refractivity contribution in [3.63, 3.8) is 0 Å². The van der Waals surface area contributed by atoms with Crippen molar-refractivity contribution >= 4 is 55.7 Å². The molecule has 4 aromatic heterocycles. The predicted octanol–water partition coefficient (Wildman–Crippen LogP) is 8.88. The molecule has 0 radical (unpaired) electrons. The Morgan fingerprint density at radius 1 is 1.04 bits per heavy atom. The highest BCUT2D eigenvalue weighted by molar-refractivity contribution is 9.08. The first kappa shape index (κ1) is 36.0. The quantitative estimate of drug-likeness (QED) is 0.130. The number of alkyl halides is 4. The zero-order chi connectivity index (χ0) is 36.2. The van der Waals surface area contributed by atoms with Gasteiger partial charge in [0.15, 0.2) is 11.3 Å². The fourth-order valence-corrected chi connectivity index (χ4v) is 5.19. The molecule has 2 aromatic carbocycles. The molecule has 6 aromatic rings. The number of carbonyl (C=O) groups excluding carboxylic acids is 1. The van der Waals surface area contributed by atoms with E-state index in [1.54, 1.807) is 24.5 Å². The maximum Gasteiger partial charge on any atom is 0.573 e. The Morgan fingerprint density at radius 2 is 1.76 bits per heavy atom. The molecule has 0 unspecified atom stereocenters. The van der Waals surface area contributed by atoms with Gasteiger partial charge in [0, 0.05) is 45.7 Å². The largest absolute Gasteiger partial charge is 0.573 e. The van der Waals surface area contributed by atoms with Crippen molar-refractivity contribution in [1.82, 2.24) is 29.9 Å². The van der Waals surface area contributed by atoms with Crippen LogP contribution in [0.2, 0.25) is 5.02 Å². The maximum absolute atomic E-state index is 14.6. The van der Waals surface area contributed by atoms with E-state index in [0.29, 0.717) is 27.7 Å². The van der Waals surface area contributed by atoms with Crippen LogP contribution in [-0.2, 0) is 16.7 Å². The van der Waals surface area contributed by atoms with Crippen molar-refractivity contribution in [1.29, 1.82) is 5.26 Å². The fraction of sp³-hybridized carbons (Fsp3) is 0.212. The van der Waals surface area contributed by atoms with Crippen LogP contribution >= 0.6 is 27.5 Å². The van der Waals surface area contributed by atoms with E-state index in [1.807, 2.05) is 39.0 Å². The number of aromatic amines is 1. The van der Waals surface area contributed by atoms with Crippen molar-refractivity contribution in [3.8, 4) is 28.7 Å².